The third-order valence-electron chi connectivity index (χ3n) is 3.73. The zero-order chi connectivity index (χ0) is 14.5. The topological polar surface area (TPSA) is 98.7 Å². The van der Waals surface area contributed by atoms with Crippen molar-refractivity contribution in [1.82, 2.24) is 15.5 Å². The van der Waals surface area contributed by atoms with Crippen LogP contribution in [0.2, 0.25) is 0 Å². The summed E-state index contributed by atoms with van der Waals surface area (Å²) < 4.78 is 0. The van der Waals surface area contributed by atoms with E-state index in [4.69, 9.17) is 0 Å². The average Bonchev–Trinajstić information content (AvgIpc) is 2.73. The van der Waals surface area contributed by atoms with Crippen LogP contribution >= 0.6 is 0 Å². The fourth-order valence-electron chi connectivity index (χ4n) is 1.88. The van der Waals surface area contributed by atoms with Gasteiger partial charge in [0.05, 0.1) is 13.2 Å². The van der Waals surface area contributed by atoms with Crippen molar-refractivity contribution in [3.63, 3.8) is 0 Å². The molecule has 0 aromatic carbocycles. The van der Waals surface area contributed by atoms with Crippen molar-refractivity contribution < 1.29 is 19.5 Å². The van der Waals surface area contributed by atoms with E-state index >= 15 is 0 Å². The molecule has 7 heteroatoms. The summed E-state index contributed by atoms with van der Waals surface area (Å²) in [5, 5.41) is 14.4. The first-order chi connectivity index (χ1) is 8.98. The molecule has 0 radical (unpaired) electrons. The number of carbonyl (C=O) groups is 3. The van der Waals surface area contributed by atoms with Crippen LogP contribution in [0.5, 0.6) is 0 Å². The average molecular weight is 271 g/mol. The van der Waals surface area contributed by atoms with Crippen LogP contribution in [0.25, 0.3) is 0 Å². The van der Waals surface area contributed by atoms with E-state index in [-0.39, 0.29) is 25.1 Å². The quantitative estimate of drug-likeness (QED) is 0.541. The zero-order valence-electron chi connectivity index (χ0n) is 11.4. The molecule has 7 nitrogen and oxygen atoms in total. The highest BCUT2D eigenvalue weighted by atomic mass is 16.3. The molecule has 1 fully saturated rings. The molecule has 1 aliphatic rings. The van der Waals surface area contributed by atoms with Crippen LogP contribution in [0.4, 0.5) is 4.79 Å². The van der Waals surface area contributed by atoms with Crippen molar-refractivity contribution in [1.29, 1.82) is 0 Å². The van der Waals surface area contributed by atoms with Gasteiger partial charge in [-0.05, 0) is 12.8 Å². The van der Waals surface area contributed by atoms with E-state index in [1.165, 1.54) is 0 Å². The Hall–Kier alpha value is -1.63. The molecule has 0 unspecified atom stereocenters. The van der Waals surface area contributed by atoms with Gasteiger partial charge in [-0.15, -0.1) is 0 Å². The number of nitrogens with one attached hydrogen (secondary N) is 2. The molecule has 1 saturated heterocycles. The van der Waals surface area contributed by atoms with Crippen molar-refractivity contribution in [3.8, 4) is 0 Å². The molecular formula is C12H21N3O4. The molecule has 4 amide bonds. The predicted molar refractivity (Wildman–Crippen MR) is 68.2 cm³/mol. The van der Waals surface area contributed by atoms with Gasteiger partial charge >= 0.3 is 6.03 Å². The monoisotopic (exact) mass is 271 g/mol. The van der Waals surface area contributed by atoms with Crippen LogP contribution in [0, 0.1) is 5.41 Å². The highest BCUT2D eigenvalue weighted by Crippen LogP contribution is 2.24. The first-order valence-corrected chi connectivity index (χ1v) is 6.43. The van der Waals surface area contributed by atoms with E-state index in [0.717, 1.165) is 17.7 Å². The van der Waals surface area contributed by atoms with Gasteiger partial charge in [-0.25, -0.2) is 4.79 Å². The summed E-state index contributed by atoms with van der Waals surface area (Å²) in [6.07, 6.45) is 1.48. The van der Waals surface area contributed by atoms with Crippen molar-refractivity contribution >= 4 is 17.8 Å². The van der Waals surface area contributed by atoms with Gasteiger partial charge in [0, 0.05) is 12.0 Å². The Morgan fingerprint density at radius 2 is 2.05 bits per heavy atom. The van der Waals surface area contributed by atoms with Gasteiger partial charge in [0.1, 0.15) is 6.54 Å². The lowest BCUT2D eigenvalue weighted by molar-refractivity contribution is -0.130. The summed E-state index contributed by atoms with van der Waals surface area (Å²) in [7, 11) is 0. The van der Waals surface area contributed by atoms with Gasteiger partial charge in [0.15, 0.2) is 0 Å². The maximum atomic E-state index is 11.7. The number of imide groups is 1. The number of aliphatic hydroxyl groups excluding tert-OH is 1. The van der Waals surface area contributed by atoms with E-state index < -0.39 is 17.8 Å². The number of nitrogens with zero attached hydrogens (tertiary/aromatic N) is 1. The lowest BCUT2D eigenvalue weighted by Gasteiger charge is -2.29. The number of rotatable bonds is 7. The van der Waals surface area contributed by atoms with Gasteiger partial charge in [0.25, 0.3) is 5.91 Å². The van der Waals surface area contributed by atoms with Crippen LogP contribution in [0.15, 0.2) is 0 Å². The lowest BCUT2D eigenvalue weighted by Crippen LogP contribution is -2.45. The SMILES string of the molecule is CCC(CC)(CO)CNC(=O)CN1C(=O)CNC1=O. The number of hydrogen-bond acceptors (Lipinski definition) is 4. The van der Waals surface area contributed by atoms with Crippen LogP contribution < -0.4 is 10.6 Å². The summed E-state index contributed by atoms with van der Waals surface area (Å²) in [6.45, 7) is 3.88. The fourth-order valence-corrected chi connectivity index (χ4v) is 1.88. The first-order valence-electron chi connectivity index (χ1n) is 6.43. The van der Waals surface area contributed by atoms with E-state index in [0.29, 0.717) is 6.54 Å². The Morgan fingerprint density at radius 1 is 1.42 bits per heavy atom. The third-order valence-corrected chi connectivity index (χ3v) is 3.73. The van der Waals surface area contributed by atoms with Crippen molar-refractivity contribution in [2.45, 2.75) is 26.7 Å². The second-order valence-corrected chi connectivity index (χ2v) is 4.78. The minimum atomic E-state index is -0.542. The van der Waals surface area contributed by atoms with Crippen LogP contribution in [-0.2, 0) is 9.59 Å². The summed E-state index contributed by atoms with van der Waals surface area (Å²) in [4.78, 5) is 35.2. The molecule has 0 saturated carbocycles. The molecule has 0 aromatic heterocycles. The first kappa shape index (κ1) is 15.4. The molecule has 0 aromatic rings. The molecule has 0 spiro atoms. The molecule has 1 rings (SSSR count). The van der Waals surface area contributed by atoms with Crippen molar-refractivity contribution in [3.05, 3.63) is 0 Å². The molecule has 0 bridgehead atoms. The molecule has 108 valence electrons. The fraction of sp³-hybridized carbons (Fsp3) is 0.750. The Labute approximate surface area is 112 Å². The van der Waals surface area contributed by atoms with E-state index in [2.05, 4.69) is 10.6 Å². The molecule has 19 heavy (non-hydrogen) atoms. The number of carbonyl (C=O) groups excluding carboxylic acids is 3. The minimum absolute atomic E-state index is 0.0105. The number of urea groups is 1. The molecule has 3 N–H and O–H groups in total. The molecule has 1 heterocycles. The normalized spacial score (nSPS) is 15.6. The Morgan fingerprint density at radius 3 is 2.47 bits per heavy atom. The van der Waals surface area contributed by atoms with Crippen molar-refractivity contribution in [2.75, 3.05) is 26.2 Å². The van der Waals surface area contributed by atoms with Crippen LogP contribution in [0.1, 0.15) is 26.7 Å². The van der Waals surface area contributed by atoms with E-state index in [1.807, 2.05) is 13.8 Å². The second kappa shape index (κ2) is 6.51. The summed E-state index contributed by atoms with van der Waals surface area (Å²) in [5.74, 6) is -0.801. The largest absolute Gasteiger partial charge is 0.396 e. The summed E-state index contributed by atoms with van der Waals surface area (Å²) in [5.41, 5.74) is -0.340. The summed E-state index contributed by atoms with van der Waals surface area (Å²) in [6, 6.07) is -0.542. The van der Waals surface area contributed by atoms with Crippen LogP contribution in [0.3, 0.4) is 0 Å². The molecule has 0 aliphatic carbocycles. The smallest absolute Gasteiger partial charge is 0.325 e. The number of hydrogen-bond donors (Lipinski definition) is 3. The van der Waals surface area contributed by atoms with E-state index in [1.54, 1.807) is 0 Å². The Balaban J connectivity index is 2.47. The number of amides is 4. The minimum Gasteiger partial charge on any atom is -0.396 e. The summed E-state index contributed by atoms with van der Waals surface area (Å²) >= 11 is 0. The molecule has 0 atom stereocenters. The van der Waals surface area contributed by atoms with Gasteiger partial charge < -0.3 is 15.7 Å². The Kier molecular flexibility index (Phi) is 5.29. The standard InChI is InChI=1S/C12H21N3O4/c1-3-12(4-2,8-16)7-14-9(17)6-15-10(18)5-13-11(15)19/h16H,3-8H2,1-2H3,(H,13,19)(H,14,17). The molecule has 1 aliphatic heterocycles. The van der Waals surface area contributed by atoms with Gasteiger partial charge in [-0.3, -0.25) is 14.5 Å². The van der Waals surface area contributed by atoms with Crippen LogP contribution in [-0.4, -0.2) is 54.1 Å². The molecular weight excluding hydrogens is 250 g/mol. The maximum absolute atomic E-state index is 11.7. The third kappa shape index (κ3) is 3.66. The van der Waals surface area contributed by atoms with E-state index in [9.17, 15) is 19.5 Å². The van der Waals surface area contributed by atoms with Crippen molar-refractivity contribution in [2.24, 2.45) is 5.41 Å². The highest BCUT2D eigenvalue weighted by Gasteiger charge is 2.31. The van der Waals surface area contributed by atoms with Gasteiger partial charge in [-0.1, -0.05) is 13.8 Å². The lowest BCUT2D eigenvalue weighted by atomic mass is 9.83. The van der Waals surface area contributed by atoms with Gasteiger partial charge in [0.2, 0.25) is 5.91 Å². The zero-order valence-corrected chi connectivity index (χ0v) is 11.4. The number of aliphatic hydroxyl groups is 1. The maximum Gasteiger partial charge on any atom is 0.325 e. The van der Waals surface area contributed by atoms with Gasteiger partial charge in [-0.2, -0.15) is 0 Å². The Bertz CT molecular complexity index is 342. The highest BCUT2D eigenvalue weighted by molar-refractivity contribution is 6.04. The second-order valence-electron chi connectivity index (χ2n) is 4.78. The predicted octanol–water partition coefficient (Wildman–Crippen LogP) is -0.547.